The van der Waals surface area contributed by atoms with E-state index in [4.69, 9.17) is 4.74 Å². The van der Waals surface area contributed by atoms with E-state index >= 15 is 0 Å². The highest BCUT2D eigenvalue weighted by atomic mass is 79.9. The lowest BCUT2D eigenvalue weighted by molar-refractivity contribution is 0.0214. The molecule has 0 saturated heterocycles. The van der Waals surface area contributed by atoms with Crippen LogP contribution >= 0.6 is 15.9 Å². The van der Waals surface area contributed by atoms with Crippen LogP contribution in [0.4, 0.5) is 4.79 Å². The number of nitrogens with zero attached hydrogens (tertiary/aromatic N) is 3. The Bertz CT molecular complexity index is 794. The van der Waals surface area contributed by atoms with Crippen molar-refractivity contribution < 1.29 is 14.7 Å². The summed E-state index contributed by atoms with van der Waals surface area (Å²) in [7, 11) is 0. The summed E-state index contributed by atoms with van der Waals surface area (Å²) in [4.78, 5) is 18.8. The second-order valence-electron chi connectivity index (χ2n) is 7.79. The topological polar surface area (TPSA) is 67.6 Å². The summed E-state index contributed by atoms with van der Waals surface area (Å²) in [5.41, 5.74) is 1.85. The van der Waals surface area contributed by atoms with E-state index in [9.17, 15) is 10.0 Å². The van der Waals surface area contributed by atoms with Crippen molar-refractivity contribution in [3.63, 3.8) is 0 Å². The van der Waals surface area contributed by atoms with Crippen LogP contribution in [0.1, 0.15) is 59.0 Å². The van der Waals surface area contributed by atoms with Gasteiger partial charge in [0.25, 0.3) is 0 Å². The number of carbonyl (C=O) groups excluding carboxylic acids is 1. The van der Waals surface area contributed by atoms with E-state index in [1.54, 1.807) is 4.90 Å². The molecule has 6 nitrogen and oxygen atoms in total. The first kappa shape index (κ1) is 22.3. The number of halogens is 1. The van der Waals surface area contributed by atoms with Crippen LogP contribution in [0.15, 0.2) is 28.7 Å². The molecule has 28 heavy (non-hydrogen) atoms. The van der Waals surface area contributed by atoms with Gasteiger partial charge < -0.3 is 14.8 Å². The molecule has 0 saturated carbocycles. The fourth-order valence-electron chi connectivity index (χ4n) is 2.90. The molecular formula is C21H30BrN3O3. The van der Waals surface area contributed by atoms with Crippen LogP contribution in [0.3, 0.4) is 0 Å². The summed E-state index contributed by atoms with van der Waals surface area (Å²) in [6, 6.07) is 7.83. The minimum absolute atomic E-state index is 0.187. The van der Waals surface area contributed by atoms with E-state index in [1.165, 1.54) is 0 Å². The molecule has 7 heteroatoms. The van der Waals surface area contributed by atoms with Crippen molar-refractivity contribution in [2.24, 2.45) is 0 Å². The molecule has 0 aliphatic carbocycles. The molecule has 1 amide bonds. The van der Waals surface area contributed by atoms with Crippen LogP contribution in [0.5, 0.6) is 0 Å². The van der Waals surface area contributed by atoms with E-state index in [0.717, 1.165) is 39.0 Å². The van der Waals surface area contributed by atoms with Crippen LogP contribution < -0.4 is 0 Å². The molecule has 0 spiro atoms. The molecule has 0 aliphatic rings. The average molecular weight is 452 g/mol. The predicted molar refractivity (Wildman–Crippen MR) is 113 cm³/mol. The molecule has 0 radical (unpaired) electrons. The zero-order valence-electron chi connectivity index (χ0n) is 17.3. The SMILES string of the molecule is CCCc1c(-c2ccc(Br)cc2)nc(CN(CCC)C(=O)OC(C)(C)C)n1O. The number of hydrogen-bond acceptors (Lipinski definition) is 4. The smallest absolute Gasteiger partial charge is 0.410 e. The van der Waals surface area contributed by atoms with Gasteiger partial charge in [0.2, 0.25) is 0 Å². The Labute approximate surface area is 175 Å². The third-order valence-electron chi connectivity index (χ3n) is 4.10. The Morgan fingerprint density at radius 2 is 1.86 bits per heavy atom. The first-order valence-electron chi connectivity index (χ1n) is 9.69. The van der Waals surface area contributed by atoms with Gasteiger partial charge in [0.1, 0.15) is 5.60 Å². The van der Waals surface area contributed by atoms with Gasteiger partial charge in [-0.1, -0.05) is 48.3 Å². The maximum absolute atomic E-state index is 12.6. The lowest BCUT2D eigenvalue weighted by Crippen LogP contribution is -2.37. The molecule has 0 aliphatic heterocycles. The van der Waals surface area contributed by atoms with Gasteiger partial charge in [-0.3, -0.25) is 0 Å². The highest BCUT2D eigenvalue weighted by Crippen LogP contribution is 2.27. The summed E-state index contributed by atoms with van der Waals surface area (Å²) >= 11 is 3.44. The molecular weight excluding hydrogens is 422 g/mol. The first-order chi connectivity index (χ1) is 13.2. The molecule has 1 aromatic heterocycles. The second kappa shape index (κ2) is 9.45. The van der Waals surface area contributed by atoms with Gasteiger partial charge in [-0.15, -0.1) is 0 Å². The van der Waals surface area contributed by atoms with E-state index in [0.29, 0.717) is 18.8 Å². The molecule has 1 aromatic carbocycles. The average Bonchev–Trinajstić information content (AvgIpc) is 2.90. The van der Waals surface area contributed by atoms with Gasteiger partial charge in [-0.2, -0.15) is 4.73 Å². The molecule has 2 aromatic rings. The van der Waals surface area contributed by atoms with Gasteiger partial charge in [0.15, 0.2) is 5.82 Å². The first-order valence-corrected chi connectivity index (χ1v) is 10.5. The quantitative estimate of drug-likeness (QED) is 0.552. The summed E-state index contributed by atoms with van der Waals surface area (Å²) in [6.07, 6.45) is 1.95. The van der Waals surface area contributed by atoms with Crippen molar-refractivity contribution in [3.8, 4) is 11.3 Å². The molecule has 1 heterocycles. The minimum atomic E-state index is -0.576. The Morgan fingerprint density at radius 1 is 1.21 bits per heavy atom. The van der Waals surface area contributed by atoms with E-state index in [2.05, 4.69) is 27.8 Å². The minimum Gasteiger partial charge on any atom is -0.444 e. The monoisotopic (exact) mass is 451 g/mol. The number of ether oxygens (including phenoxy) is 1. The van der Waals surface area contributed by atoms with Gasteiger partial charge in [0.05, 0.1) is 17.9 Å². The van der Waals surface area contributed by atoms with Crippen LogP contribution in [-0.4, -0.2) is 38.1 Å². The van der Waals surface area contributed by atoms with E-state index in [-0.39, 0.29) is 6.54 Å². The second-order valence-corrected chi connectivity index (χ2v) is 8.71. The molecule has 154 valence electrons. The normalized spacial score (nSPS) is 11.5. The lowest BCUT2D eigenvalue weighted by Gasteiger charge is -2.26. The summed E-state index contributed by atoms with van der Waals surface area (Å²) in [5.74, 6) is 0.431. The van der Waals surface area contributed by atoms with Crippen molar-refractivity contribution in [2.75, 3.05) is 6.54 Å². The highest BCUT2D eigenvalue weighted by molar-refractivity contribution is 9.10. The Morgan fingerprint density at radius 3 is 2.39 bits per heavy atom. The molecule has 0 fully saturated rings. The highest BCUT2D eigenvalue weighted by Gasteiger charge is 2.25. The molecule has 1 N–H and O–H groups in total. The van der Waals surface area contributed by atoms with E-state index in [1.807, 2.05) is 52.0 Å². The predicted octanol–water partition coefficient (Wildman–Crippen LogP) is 5.65. The fraction of sp³-hybridized carbons (Fsp3) is 0.524. The fourth-order valence-corrected chi connectivity index (χ4v) is 3.17. The van der Waals surface area contributed by atoms with Gasteiger partial charge in [-0.25, -0.2) is 9.78 Å². The van der Waals surface area contributed by atoms with Gasteiger partial charge in [-0.05, 0) is 45.7 Å². The number of hydrogen-bond donors (Lipinski definition) is 1. The van der Waals surface area contributed by atoms with Crippen molar-refractivity contribution in [3.05, 3.63) is 40.3 Å². The van der Waals surface area contributed by atoms with Gasteiger partial charge in [0, 0.05) is 16.6 Å². The largest absolute Gasteiger partial charge is 0.444 e. The summed E-state index contributed by atoms with van der Waals surface area (Å²) < 4.78 is 7.63. The molecule has 0 bridgehead atoms. The molecule has 2 rings (SSSR count). The standard InChI is InChI=1S/C21H30BrN3O3/c1-6-8-17-19(15-9-11-16(22)12-10-15)23-18(25(17)27)14-24(13-7-2)20(26)28-21(3,4)5/h9-12,27H,6-8,13-14H2,1-5H3. The van der Waals surface area contributed by atoms with Crippen LogP contribution in [0.2, 0.25) is 0 Å². The van der Waals surface area contributed by atoms with E-state index < -0.39 is 11.7 Å². The maximum Gasteiger partial charge on any atom is 0.410 e. The van der Waals surface area contributed by atoms with Crippen LogP contribution in [0.25, 0.3) is 11.3 Å². The Balaban J connectivity index is 2.36. The third kappa shape index (κ3) is 5.74. The zero-order valence-corrected chi connectivity index (χ0v) is 18.9. The van der Waals surface area contributed by atoms with Gasteiger partial charge >= 0.3 is 6.09 Å². The number of imidazole rings is 1. The van der Waals surface area contributed by atoms with Crippen molar-refractivity contribution in [1.29, 1.82) is 0 Å². The number of aromatic nitrogens is 2. The number of rotatable bonds is 7. The van der Waals surface area contributed by atoms with Crippen LogP contribution in [-0.2, 0) is 17.7 Å². The van der Waals surface area contributed by atoms with Crippen LogP contribution in [0, 0.1) is 0 Å². The Kier molecular flexibility index (Phi) is 7.52. The molecule has 0 unspecified atom stereocenters. The molecule has 0 atom stereocenters. The number of amides is 1. The third-order valence-corrected chi connectivity index (χ3v) is 4.62. The summed E-state index contributed by atoms with van der Waals surface area (Å²) in [6.45, 7) is 10.3. The van der Waals surface area contributed by atoms with Crippen molar-refractivity contribution in [1.82, 2.24) is 14.6 Å². The zero-order chi connectivity index (χ0) is 20.9. The van der Waals surface area contributed by atoms with Crippen molar-refractivity contribution >= 4 is 22.0 Å². The number of benzene rings is 1. The maximum atomic E-state index is 12.6. The lowest BCUT2D eigenvalue weighted by atomic mass is 10.1. The van der Waals surface area contributed by atoms with Crippen molar-refractivity contribution in [2.45, 2.75) is 66.0 Å². The Hall–Kier alpha value is -2.02. The summed E-state index contributed by atoms with van der Waals surface area (Å²) in [5, 5.41) is 10.8. The number of carbonyl (C=O) groups is 1.